The van der Waals surface area contributed by atoms with Crippen LogP contribution in [0.15, 0.2) is 42.0 Å². The van der Waals surface area contributed by atoms with Crippen molar-refractivity contribution in [1.82, 2.24) is 0 Å². The summed E-state index contributed by atoms with van der Waals surface area (Å²) in [6.45, 7) is 8.68. The fraction of sp³-hybridized carbons (Fsp3) is 0.375. The monoisotopic (exact) mass is 214 g/mol. The second-order valence-electron chi connectivity index (χ2n) is 4.14. The van der Waals surface area contributed by atoms with Crippen molar-refractivity contribution in [1.29, 1.82) is 0 Å². The van der Waals surface area contributed by atoms with E-state index in [4.69, 9.17) is 0 Å². The van der Waals surface area contributed by atoms with Gasteiger partial charge in [-0.05, 0) is 43.4 Å². The van der Waals surface area contributed by atoms with Gasteiger partial charge in [0, 0.05) is 0 Å². The molecule has 0 atom stereocenters. The molecule has 86 valence electrons. The van der Waals surface area contributed by atoms with Crippen molar-refractivity contribution in [3.05, 3.63) is 53.1 Å². The largest absolute Gasteiger partial charge is 0.0798 e. The predicted octanol–water partition coefficient (Wildman–Crippen LogP) is 5.01. The summed E-state index contributed by atoms with van der Waals surface area (Å²) in [6, 6.07) is 8.81. The average molecular weight is 214 g/mol. The Hall–Kier alpha value is -1.30. The lowest BCUT2D eigenvalue weighted by Crippen LogP contribution is -1.86. The van der Waals surface area contributed by atoms with E-state index < -0.39 is 0 Å². The third-order valence-electron chi connectivity index (χ3n) is 2.94. The summed E-state index contributed by atoms with van der Waals surface area (Å²) >= 11 is 0. The van der Waals surface area contributed by atoms with Gasteiger partial charge < -0.3 is 0 Å². The van der Waals surface area contributed by atoms with Crippen LogP contribution >= 0.6 is 0 Å². The second kappa shape index (κ2) is 6.32. The van der Waals surface area contributed by atoms with Gasteiger partial charge in [0.25, 0.3) is 0 Å². The molecule has 0 aliphatic carbocycles. The summed E-state index contributed by atoms with van der Waals surface area (Å²) in [7, 11) is 0. The molecular weight excluding hydrogens is 192 g/mol. The van der Waals surface area contributed by atoms with Crippen LogP contribution in [-0.2, 0) is 6.42 Å². The van der Waals surface area contributed by atoms with Gasteiger partial charge >= 0.3 is 0 Å². The summed E-state index contributed by atoms with van der Waals surface area (Å²) in [4.78, 5) is 0. The van der Waals surface area contributed by atoms with E-state index in [1.54, 1.807) is 0 Å². The second-order valence-corrected chi connectivity index (χ2v) is 4.14. The fourth-order valence-corrected chi connectivity index (χ4v) is 1.67. The molecule has 0 spiro atoms. The molecule has 0 aliphatic rings. The van der Waals surface area contributed by atoms with Gasteiger partial charge in [0.05, 0.1) is 0 Å². The highest BCUT2D eigenvalue weighted by molar-refractivity contribution is 5.74. The topological polar surface area (TPSA) is 0 Å². The van der Waals surface area contributed by atoms with Crippen LogP contribution in [-0.4, -0.2) is 0 Å². The molecule has 0 aliphatic heterocycles. The van der Waals surface area contributed by atoms with Gasteiger partial charge in [-0.25, -0.2) is 0 Å². The molecule has 0 fully saturated rings. The third-order valence-corrected chi connectivity index (χ3v) is 2.94. The highest BCUT2D eigenvalue weighted by Gasteiger charge is 1.99. The van der Waals surface area contributed by atoms with Gasteiger partial charge in [-0.15, -0.1) is 0 Å². The van der Waals surface area contributed by atoms with Crippen molar-refractivity contribution in [2.24, 2.45) is 0 Å². The van der Waals surface area contributed by atoms with Gasteiger partial charge in [0.1, 0.15) is 0 Å². The number of hydrogen-bond donors (Lipinski definition) is 0. The number of rotatable bonds is 4. The normalized spacial score (nSPS) is 13.0. The number of benzene rings is 1. The minimum atomic E-state index is 1.10. The predicted molar refractivity (Wildman–Crippen MR) is 73.5 cm³/mol. The van der Waals surface area contributed by atoms with E-state index in [9.17, 15) is 0 Å². The first kappa shape index (κ1) is 12.8. The Morgan fingerprint density at radius 2 is 2.00 bits per heavy atom. The molecular formula is C16H22. The summed E-state index contributed by atoms with van der Waals surface area (Å²) in [5.41, 5.74) is 5.48. The Balaban J connectivity index is 3.05. The van der Waals surface area contributed by atoms with Crippen LogP contribution in [0.25, 0.3) is 5.57 Å². The lowest BCUT2D eigenvalue weighted by Gasteiger charge is -2.06. The molecule has 0 heteroatoms. The van der Waals surface area contributed by atoms with E-state index in [-0.39, 0.29) is 0 Å². The maximum atomic E-state index is 2.29. The summed E-state index contributed by atoms with van der Waals surface area (Å²) in [6.07, 6.45) is 6.69. The summed E-state index contributed by atoms with van der Waals surface area (Å²) < 4.78 is 0. The molecule has 1 rings (SSSR count). The van der Waals surface area contributed by atoms with Crippen molar-refractivity contribution in [3.8, 4) is 0 Å². The maximum Gasteiger partial charge on any atom is -0.0185 e. The maximum absolute atomic E-state index is 2.29. The van der Waals surface area contributed by atoms with Gasteiger partial charge in [-0.2, -0.15) is 0 Å². The molecule has 0 unspecified atom stereocenters. The van der Waals surface area contributed by atoms with Crippen LogP contribution in [0.5, 0.6) is 0 Å². The first-order valence-electron chi connectivity index (χ1n) is 6.14. The molecule has 0 N–H and O–H groups in total. The smallest absolute Gasteiger partial charge is 0.0185 e. The van der Waals surface area contributed by atoms with E-state index in [2.05, 4.69) is 64.1 Å². The Bertz CT molecular complexity index is 394. The molecule has 0 heterocycles. The quantitative estimate of drug-likeness (QED) is 0.618. The SMILES string of the molecule is C/C=C(\C=C(/C)CC)c1cccc(CC)c1. The summed E-state index contributed by atoms with van der Waals surface area (Å²) in [5, 5.41) is 0. The van der Waals surface area contributed by atoms with Gasteiger partial charge in [-0.1, -0.05) is 55.8 Å². The molecule has 0 saturated carbocycles. The molecule has 0 amide bonds. The van der Waals surface area contributed by atoms with Gasteiger partial charge in [0.2, 0.25) is 0 Å². The van der Waals surface area contributed by atoms with E-state index in [1.165, 1.54) is 22.3 Å². The number of aryl methyl sites for hydroxylation is 1. The van der Waals surface area contributed by atoms with E-state index in [1.807, 2.05) is 0 Å². The molecule has 1 aromatic rings. The molecule has 0 radical (unpaired) electrons. The third kappa shape index (κ3) is 3.37. The first-order chi connectivity index (χ1) is 7.71. The van der Waals surface area contributed by atoms with E-state index in [0.717, 1.165) is 12.8 Å². The summed E-state index contributed by atoms with van der Waals surface area (Å²) in [5.74, 6) is 0. The Morgan fingerprint density at radius 3 is 2.56 bits per heavy atom. The van der Waals surface area contributed by atoms with Gasteiger partial charge in [-0.3, -0.25) is 0 Å². The minimum absolute atomic E-state index is 1.10. The highest BCUT2D eigenvalue weighted by Crippen LogP contribution is 2.20. The van der Waals surface area contributed by atoms with Crippen LogP contribution in [0, 0.1) is 0 Å². The zero-order valence-corrected chi connectivity index (χ0v) is 10.9. The first-order valence-corrected chi connectivity index (χ1v) is 6.14. The van der Waals surface area contributed by atoms with E-state index >= 15 is 0 Å². The fourth-order valence-electron chi connectivity index (χ4n) is 1.67. The van der Waals surface area contributed by atoms with Crippen LogP contribution in [0.2, 0.25) is 0 Å². The van der Waals surface area contributed by atoms with E-state index in [0.29, 0.717) is 0 Å². The Labute approximate surface area is 99.7 Å². The minimum Gasteiger partial charge on any atom is -0.0798 e. The number of allylic oxidation sites excluding steroid dienone is 4. The highest BCUT2D eigenvalue weighted by atomic mass is 14.0. The van der Waals surface area contributed by atoms with Crippen molar-refractivity contribution < 1.29 is 0 Å². The number of hydrogen-bond acceptors (Lipinski definition) is 0. The standard InChI is InChI=1S/C16H22/c1-5-13(4)11-15(7-3)16-10-8-9-14(6-2)12-16/h7-12H,5-6H2,1-4H3/b13-11+,15-7+. The van der Waals surface area contributed by atoms with Crippen LogP contribution in [0.3, 0.4) is 0 Å². The molecule has 0 saturated heterocycles. The molecule has 0 bridgehead atoms. The molecule has 16 heavy (non-hydrogen) atoms. The van der Waals surface area contributed by atoms with Crippen LogP contribution in [0.1, 0.15) is 45.2 Å². The molecule has 0 aromatic heterocycles. The van der Waals surface area contributed by atoms with Crippen molar-refractivity contribution in [3.63, 3.8) is 0 Å². The lowest BCUT2D eigenvalue weighted by atomic mass is 9.99. The Morgan fingerprint density at radius 1 is 1.25 bits per heavy atom. The molecule has 1 aromatic carbocycles. The van der Waals surface area contributed by atoms with Crippen molar-refractivity contribution >= 4 is 5.57 Å². The van der Waals surface area contributed by atoms with Crippen LogP contribution in [0.4, 0.5) is 0 Å². The van der Waals surface area contributed by atoms with Gasteiger partial charge in [0.15, 0.2) is 0 Å². The Kier molecular flexibility index (Phi) is 5.04. The molecule has 0 nitrogen and oxygen atoms in total. The van der Waals surface area contributed by atoms with Crippen molar-refractivity contribution in [2.45, 2.75) is 40.5 Å². The van der Waals surface area contributed by atoms with Crippen molar-refractivity contribution in [2.75, 3.05) is 0 Å². The lowest BCUT2D eigenvalue weighted by molar-refractivity contribution is 1.10. The average Bonchev–Trinajstić information content (AvgIpc) is 2.35. The zero-order valence-electron chi connectivity index (χ0n) is 10.9. The zero-order chi connectivity index (χ0) is 12.0. The van der Waals surface area contributed by atoms with Crippen LogP contribution < -0.4 is 0 Å².